The molecule has 1 aromatic carbocycles. The third-order valence-corrected chi connectivity index (χ3v) is 6.39. The van der Waals surface area contributed by atoms with Crippen molar-refractivity contribution >= 4 is 5.91 Å². The molecule has 3 aromatic rings. The number of likely N-dealkylation sites (N-methyl/N-ethyl adjacent to an activating group) is 1. The maximum absolute atomic E-state index is 12.9. The third-order valence-electron chi connectivity index (χ3n) is 6.39. The Hall–Kier alpha value is -3.93. The van der Waals surface area contributed by atoms with E-state index in [0.29, 0.717) is 29.2 Å². The van der Waals surface area contributed by atoms with Crippen molar-refractivity contribution in [3.05, 3.63) is 77.4 Å². The molecule has 1 saturated heterocycles. The van der Waals surface area contributed by atoms with Gasteiger partial charge in [-0.1, -0.05) is 24.0 Å². The van der Waals surface area contributed by atoms with Gasteiger partial charge in [0.1, 0.15) is 11.5 Å². The summed E-state index contributed by atoms with van der Waals surface area (Å²) in [6.07, 6.45) is 3.65. The van der Waals surface area contributed by atoms with Crippen LogP contribution < -0.4 is 10.1 Å². The molecule has 1 aliphatic heterocycles. The Morgan fingerprint density at radius 1 is 1.17 bits per heavy atom. The highest BCUT2D eigenvalue weighted by molar-refractivity contribution is 5.94. The van der Waals surface area contributed by atoms with E-state index in [1.165, 1.54) is 5.56 Å². The molecule has 1 fully saturated rings. The van der Waals surface area contributed by atoms with Crippen LogP contribution in [-0.4, -0.2) is 64.9 Å². The summed E-state index contributed by atoms with van der Waals surface area (Å²) < 4.78 is 11.4. The zero-order valence-electron chi connectivity index (χ0n) is 20.5. The molecule has 3 heterocycles. The second-order valence-electron chi connectivity index (χ2n) is 9.13. The normalized spacial score (nSPS) is 18.4. The Morgan fingerprint density at radius 2 is 1.97 bits per heavy atom. The van der Waals surface area contributed by atoms with Gasteiger partial charge in [0.05, 0.1) is 12.3 Å². The Balaban J connectivity index is 1.18. The maximum Gasteiger partial charge on any atom is 0.322 e. The van der Waals surface area contributed by atoms with Gasteiger partial charge >= 0.3 is 6.01 Å². The van der Waals surface area contributed by atoms with Crippen molar-refractivity contribution in [3.63, 3.8) is 0 Å². The van der Waals surface area contributed by atoms with Crippen molar-refractivity contribution in [2.45, 2.75) is 25.9 Å². The minimum Gasteiger partial charge on any atom is -0.463 e. The zero-order valence-corrected chi connectivity index (χ0v) is 20.5. The van der Waals surface area contributed by atoms with E-state index in [0.717, 1.165) is 38.3 Å². The number of amides is 1. The number of aromatic nitrogens is 2. The Kier molecular flexibility index (Phi) is 7.12. The fourth-order valence-electron chi connectivity index (χ4n) is 4.19. The van der Waals surface area contributed by atoms with Gasteiger partial charge in [0.2, 0.25) is 0 Å². The molecule has 0 spiro atoms. The van der Waals surface area contributed by atoms with E-state index in [9.17, 15) is 4.79 Å². The predicted octanol–water partition coefficient (Wildman–Crippen LogP) is 3.34. The molecular weight excluding hydrogens is 454 g/mol. The molecule has 0 bridgehead atoms. The van der Waals surface area contributed by atoms with Crippen LogP contribution >= 0.6 is 0 Å². The van der Waals surface area contributed by atoms with Gasteiger partial charge in [-0.2, -0.15) is 4.98 Å². The molecule has 36 heavy (non-hydrogen) atoms. The molecular formula is C28H29N5O3. The van der Waals surface area contributed by atoms with Crippen LogP contribution in [0.15, 0.2) is 70.7 Å². The van der Waals surface area contributed by atoms with Crippen LogP contribution in [0.4, 0.5) is 0 Å². The fraction of sp³-hybridized carbons (Fsp3) is 0.321. The average molecular weight is 484 g/mol. The van der Waals surface area contributed by atoms with Crippen molar-refractivity contribution in [1.82, 2.24) is 25.1 Å². The van der Waals surface area contributed by atoms with Crippen LogP contribution in [0.25, 0.3) is 11.5 Å². The van der Waals surface area contributed by atoms with Crippen LogP contribution in [0.3, 0.4) is 0 Å². The van der Waals surface area contributed by atoms with E-state index in [1.54, 1.807) is 24.6 Å². The van der Waals surface area contributed by atoms with E-state index in [2.05, 4.69) is 44.0 Å². The van der Waals surface area contributed by atoms with Crippen molar-refractivity contribution in [2.75, 3.05) is 33.2 Å². The molecule has 1 aliphatic carbocycles. The Bertz CT molecular complexity index is 1300. The molecule has 0 saturated carbocycles. The standard InChI is InChI=1S/C28H29N5O3/c1-20-5-10-23(18-26(20)36-28-29-12-11-24(31-28)25-4-3-17-35-25)30-27(34)22-8-6-21(7-9-22)19-33-15-13-32(2)14-16-33/h3-4,6-9,11-12,17,23H,13-16,18-19H2,1-2H3,(H,30,34). The van der Waals surface area contributed by atoms with Gasteiger partial charge in [-0.25, -0.2) is 4.98 Å². The molecule has 2 aromatic heterocycles. The molecule has 1 unspecified atom stereocenters. The highest BCUT2D eigenvalue weighted by atomic mass is 16.5. The van der Waals surface area contributed by atoms with E-state index in [1.807, 2.05) is 37.3 Å². The van der Waals surface area contributed by atoms with Gasteiger partial charge in [-0.15, -0.1) is 0 Å². The molecule has 0 radical (unpaired) electrons. The van der Waals surface area contributed by atoms with Crippen LogP contribution in [-0.2, 0) is 6.54 Å². The molecule has 8 heteroatoms. The van der Waals surface area contributed by atoms with E-state index < -0.39 is 0 Å². The summed E-state index contributed by atoms with van der Waals surface area (Å²) in [5.74, 6) is 7.28. The monoisotopic (exact) mass is 483 g/mol. The number of piperazine rings is 1. The molecule has 1 N–H and O–H groups in total. The minimum absolute atomic E-state index is 0.157. The largest absolute Gasteiger partial charge is 0.463 e. The summed E-state index contributed by atoms with van der Waals surface area (Å²) in [5, 5.41) is 3.01. The zero-order chi connectivity index (χ0) is 24.9. The van der Waals surface area contributed by atoms with E-state index in [4.69, 9.17) is 9.15 Å². The van der Waals surface area contributed by atoms with Gasteiger partial charge in [0.15, 0.2) is 5.76 Å². The van der Waals surface area contributed by atoms with Crippen molar-refractivity contribution in [2.24, 2.45) is 0 Å². The smallest absolute Gasteiger partial charge is 0.322 e. The van der Waals surface area contributed by atoms with Crippen LogP contribution in [0.1, 0.15) is 29.3 Å². The number of hydrogen-bond acceptors (Lipinski definition) is 7. The molecule has 184 valence electrons. The number of allylic oxidation sites excluding steroid dienone is 1. The number of nitrogens with zero attached hydrogens (tertiary/aromatic N) is 4. The van der Waals surface area contributed by atoms with Gasteiger partial charge in [0, 0.05) is 56.5 Å². The lowest BCUT2D eigenvalue weighted by molar-refractivity contribution is 0.0944. The number of hydrogen-bond donors (Lipinski definition) is 1. The van der Waals surface area contributed by atoms with Crippen LogP contribution in [0.5, 0.6) is 6.01 Å². The Labute approximate surface area is 211 Å². The van der Waals surface area contributed by atoms with Crippen LogP contribution in [0.2, 0.25) is 0 Å². The summed E-state index contributed by atoms with van der Waals surface area (Å²) in [6.45, 7) is 7.09. The second-order valence-corrected chi connectivity index (χ2v) is 9.13. The number of ether oxygens (including phenoxy) is 1. The van der Waals surface area contributed by atoms with E-state index >= 15 is 0 Å². The molecule has 8 nitrogen and oxygen atoms in total. The third kappa shape index (κ3) is 5.82. The molecule has 1 amide bonds. The number of benzene rings is 1. The lowest BCUT2D eigenvalue weighted by Gasteiger charge is -2.32. The predicted molar refractivity (Wildman–Crippen MR) is 136 cm³/mol. The van der Waals surface area contributed by atoms with Gasteiger partial charge in [0.25, 0.3) is 5.91 Å². The van der Waals surface area contributed by atoms with Gasteiger partial charge < -0.3 is 19.4 Å². The SMILES string of the molecule is CC1=C(Oc2nccc(-c3ccco3)n2)CC(NC(=O)c2ccc(CN3CCN(C)CC3)cc2)C#C1. The van der Waals surface area contributed by atoms with Crippen molar-refractivity contribution in [1.29, 1.82) is 0 Å². The maximum atomic E-state index is 12.9. The molecule has 1 atom stereocenters. The first-order valence-corrected chi connectivity index (χ1v) is 12.1. The molecule has 5 rings (SSSR count). The summed E-state index contributed by atoms with van der Waals surface area (Å²) in [5.41, 5.74) is 3.24. The minimum atomic E-state index is -0.366. The summed E-state index contributed by atoms with van der Waals surface area (Å²) in [7, 11) is 2.15. The van der Waals surface area contributed by atoms with Crippen LogP contribution in [0, 0.1) is 11.8 Å². The highest BCUT2D eigenvalue weighted by Crippen LogP contribution is 2.22. The first-order valence-electron chi connectivity index (χ1n) is 12.1. The average Bonchev–Trinajstić information content (AvgIpc) is 3.43. The second kappa shape index (κ2) is 10.8. The quantitative estimate of drug-likeness (QED) is 0.516. The van der Waals surface area contributed by atoms with Gasteiger partial charge in [-0.3, -0.25) is 9.69 Å². The number of carbonyl (C=O) groups is 1. The summed E-state index contributed by atoms with van der Waals surface area (Å²) in [6, 6.07) is 13.0. The lowest BCUT2D eigenvalue weighted by atomic mass is 10.0. The lowest BCUT2D eigenvalue weighted by Crippen LogP contribution is -2.43. The number of furan rings is 1. The number of carbonyl (C=O) groups excluding carboxylic acids is 1. The Morgan fingerprint density at radius 3 is 2.72 bits per heavy atom. The first kappa shape index (κ1) is 23.8. The first-order chi connectivity index (χ1) is 17.5. The topological polar surface area (TPSA) is 83.7 Å². The van der Waals surface area contributed by atoms with Crippen molar-refractivity contribution in [3.8, 4) is 29.3 Å². The number of nitrogens with one attached hydrogen (secondary N) is 1. The summed E-state index contributed by atoms with van der Waals surface area (Å²) >= 11 is 0. The molecule has 2 aliphatic rings. The van der Waals surface area contributed by atoms with E-state index in [-0.39, 0.29) is 18.0 Å². The number of rotatable bonds is 7. The van der Waals surface area contributed by atoms with Crippen molar-refractivity contribution < 1.29 is 13.9 Å². The summed E-state index contributed by atoms with van der Waals surface area (Å²) in [4.78, 5) is 26.3. The fourth-order valence-corrected chi connectivity index (χ4v) is 4.19. The van der Waals surface area contributed by atoms with Gasteiger partial charge in [-0.05, 0) is 49.9 Å². The highest BCUT2D eigenvalue weighted by Gasteiger charge is 2.21.